The number of hydrogen-bond acceptors (Lipinski definition) is 2. The molecule has 0 heterocycles. The van der Waals surface area contributed by atoms with Crippen molar-refractivity contribution in [1.29, 1.82) is 0 Å². The minimum atomic E-state index is -0.585. The van der Waals surface area contributed by atoms with Gasteiger partial charge < -0.3 is 10.6 Å². The maximum absolute atomic E-state index is 11.9. The minimum absolute atomic E-state index is 0.220. The molecule has 0 aromatic carbocycles. The third kappa shape index (κ3) is 4.32. The fourth-order valence-electron chi connectivity index (χ4n) is 1.98. The molecule has 0 saturated carbocycles. The Bertz CT molecular complexity index is 245. The molecule has 88 valence electrons. The van der Waals surface area contributed by atoms with E-state index in [1.807, 2.05) is 41.5 Å². The smallest absolute Gasteiger partial charge is 0.232 e. The number of primary amides is 1. The molecule has 0 unspecified atom stereocenters. The second-order valence-electron chi connectivity index (χ2n) is 5.71. The third-order valence-electron chi connectivity index (χ3n) is 1.92. The Labute approximate surface area is 91.8 Å². The molecule has 0 radical (unpaired) electrons. The number of carbonyl (C=O) groups is 2. The Hall–Kier alpha value is -1.06. The van der Waals surface area contributed by atoms with Gasteiger partial charge in [-0.3, -0.25) is 9.59 Å². The van der Waals surface area contributed by atoms with E-state index in [0.29, 0.717) is 0 Å². The summed E-state index contributed by atoms with van der Waals surface area (Å²) in [7, 11) is 0. The maximum atomic E-state index is 11.9. The van der Waals surface area contributed by atoms with E-state index in [4.69, 9.17) is 5.73 Å². The Kier molecular flexibility index (Phi) is 3.91. The SMILES string of the molecule is CC(C)(C)N(C(=O)CC(N)=O)C(C)(C)C. The van der Waals surface area contributed by atoms with Crippen LogP contribution in [-0.4, -0.2) is 27.8 Å². The van der Waals surface area contributed by atoms with Crippen LogP contribution in [0, 0.1) is 0 Å². The molecule has 0 aromatic rings. The number of rotatable bonds is 2. The first-order chi connectivity index (χ1) is 6.46. The summed E-state index contributed by atoms with van der Waals surface area (Å²) in [4.78, 5) is 24.3. The van der Waals surface area contributed by atoms with Crippen LogP contribution in [0.4, 0.5) is 0 Å². The van der Waals surface area contributed by atoms with E-state index in [9.17, 15) is 9.59 Å². The average molecular weight is 214 g/mol. The molecule has 0 aromatic heterocycles. The van der Waals surface area contributed by atoms with Crippen molar-refractivity contribution in [2.75, 3.05) is 0 Å². The molecule has 2 N–H and O–H groups in total. The standard InChI is InChI=1S/C11H22N2O2/c1-10(2,3)13(11(4,5)6)9(15)7-8(12)14/h7H2,1-6H3,(H2,12,14). The van der Waals surface area contributed by atoms with Crippen molar-refractivity contribution in [3.63, 3.8) is 0 Å². The molecular formula is C11H22N2O2. The lowest BCUT2D eigenvalue weighted by molar-refractivity contribution is -0.144. The molecule has 0 spiro atoms. The fourth-order valence-corrected chi connectivity index (χ4v) is 1.98. The van der Waals surface area contributed by atoms with Crippen LogP contribution in [0.15, 0.2) is 0 Å². The minimum Gasteiger partial charge on any atom is -0.369 e. The van der Waals surface area contributed by atoms with Crippen molar-refractivity contribution in [3.05, 3.63) is 0 Å². The molecule has 0 bridgehead atoms. The molecule has 0 atom stereocenters. The second-order valence-corrected chi connectivity index (χ2v) is 5.71. The van der Waals surface area contributed by atoms with E-state index >= 15 is 0 Å². The lowest BCUT2D eigenvalue weighted by atomic mass is 9.95. The highest BCUT2D eigenvalue weighted by atomic mass is 16.2. The highest BCUT2D eigenvalue weighted by Gasteiger charge is 2.35. The van der Waals surface area contributed by atoms with Crippen molar-refractivity contribution in [2.24, 2.45) is 5.73 Å². The van der Waals surface area contributed by atoms with Gasteiger partial charge in [-0.15, -0.1) is 0 Å². The molecule has 0 rings (SSSR count). The van der Waals surface area contributed by atoms with Gasteiger partial charge >= 0.3 is 0 Å². The zero-order chi connectivity index (χ0) is 12.4. The molecule has 0 fully saturated rings. The van der Waals surface area contributed by atoms with E-state index in [-0.39, 0.29) is 23.4 Å². The molecule has 4 heteroatoms. The van der Waals surface area contributed by atoms with Crippen LogP contribution < -0.4 is 5.73 Å². The first-order valence-corrected chi connectivity index (χ1v) is 5.07. The normalized spacial score (nSPS) is 12.4. The van der Waals surface area contributed by atoms with Gasteiger partial charge in [-0.25, -0.2) is 0 Å². The summed E-state index contributed by atoms with van der Waals surface area (Å²) in [6.07, 6.45) is -0.228. The number of nitrogens with zero attached hydrogens (tertiary/aromatic N) is 1. The Morgan fingerprint density at radius 3 is 1.53 bits per heavy atom. The van der Waals surface area contributed by atoms with Crippen LogP contribution >= 0.6 is 0 Å². The van der Waals surface area contributed by atoms with Gasteiger partial charge in [0, 0.05) is 11.1 Å². The Morgan fingerprint density at radius 2 is 1.33 bits per heavy atom. The third-order valence-corrected chi connectivity index (χ3v) is 1.92. The Balaban J connectivity index is 4.98. The topological polar surface area (TPSA) is 63.4 Å². The van der Waals surface area contributed by atoms with Crippen molar-refractivity contribution in [1.82, 2.24) is 4.90 Å². The average Bonchev–Trinajstić information content (AvgIpc) is 1.74. The van der Waals surface area contributed by atoms with E-state index < -0.39 is 5.91 Å². The number of hydrogen-bond donors (Lipinski definition) is 1. The number of nitrogens with two attached hydrogens (primary N) is 1. The summed E-state index contributed by atoms with van der Waals surface area (Å²) in [5.41, 5.74) is 4.40. The zero-order valence-corrected chi connectivity index (χ0v) is 10.5. The fraction of sp³-hybridized carbons (Fsp3) is 0.818. The van der Waals surface area contributed by atoms with E-state index in [1.165, 1.54) is 0 Å². The van der Waals surface area contributed by atoms with Crippen LogP contribution in [0.2, 0.25) is 0 Å². The second kappa shape index (κ2) is 4.21. The molecule has 0 aliphatic heterocycles. The summed E-state index contributed by atoms with van der Waals surface area (Å²) in [5.74, 6) is -0.805. The molecule has 4 nitrogen and oxygen atoms in total. The van der Waals surface area contributed by atoms with Gasteiger partial charge in [0.15, 0.2) is 0 Å². The van der Waals surface area contributed by atoms with E-state index in [1.54, 1.807) is 4.90 Å². The summed E-state index contributed by atoms with van der Waals surface area (Å²) < 4.78 is 0. The van der Waals surface area contributed by atoms with Gasteiger partial charge in [-0.1, -0.05) is 0 Å². The molecule has 2 amide bonds. The summed E-state index contributed by atoms with van der Waals surface area (Å²) in [6.45, 7) is 11.6. The van der Waals surface area contributed by atoms with Crippen LogP contribution in [0.25, 0.3) is 0 Å². The van der Waals surface area contributed by atoms with Gasteiger partial charge in [0.1, 0.15) is 6.42 Å². The van der Waals surface area contributed by atoms with Gasteiger partial charge in [0.25, 0.3) is 0 Å². The summed E-state index contributed by atoms with van der Waals surface area (Å²) >= 11 is 0. The lowest BCUT2D eigenvalue weighted by Gasteiger charge is -2.45. The number of carbonyl (C=O) groups excluding carboxylic acids is 2. The molecule has 0 aliphatic rings. The molecule has 0 saturated heterocycles. The summed E-state index contributed by atoms with van der Waals surface area (Å²) in [5, 5.41) is 0. The van der Waals surface area contributed by atoms with Crippen molar-refractivity contribution >= 4 is 11.8 Å². The summed E-state index contributed by atoms with van der Waals surface area (Å²) in [6, 6.07) is 0. The molecule has 0 aliphatic carbocycles. The highest BCUT2D eigenvalue weighted by molar-refractivity contribution is 5.96. The first-order valence-electron chi connectivity index (χ1n) is 5.07. The van der Waals surface area contributed by atoms with Crippen molar-refractivity contribution < 1.29 is 9.59 Å². The lowest BCUT2D eigenvalue weighted by Crippen LogP contribution is -2.56. The van der Waals surface area contributed by atoms with Crippen molar-refractivity contribution in [3.8, 4) is 0 Å². The first kappa shape index (κ1) is 13.9. The van der Waals surface area contributed by atoms with Crippen LogP contribution in [-0.2, 0) is 9.59 Å². The van der Waals surface area contributed by atoms with Gasteiger partial charge in [-0.05, 0) is 41.5 Å². The zero-order valence-electron chi connectivity index (χ0n) is 10.5. The Morgan fingerprint density at radius 1 is 1.00 bits per heavy atom. The predicted octanol–water partition coefficient (Wildman–Crippen LogP) is 1.29. The van der Waals surface area contributed by atoms with Crippen LogP contribution in [0.1, 0.15) is 48.0 Å². The van der Waals surface area contributed by atoms with Crippen LogP contribution in [0.3, 0.4) is 0 Å². The highest BCUT2D eigenvalue weighted by Crippen LogP contribution is 2.25. The van der Waals surface area contributed by atoms with Crippen LogP contribution in [0.5, 0.6) is 0 Å². The van der Waals surface area contributed by atoms with E-state index in [0.717, 1.165) is 0 Å². The van der Waals surface area contributed by atoms with Gasteiger partial charge in [0.05, 0.1) is 0 Å². The monoisotopic (exact) mass is 214 g/mol. The van der Waals surface area contributed by atoms with Crippen molar-refractivity contribution in [2.45, 2.75) is 59.0 Å². The largest absolute Gasteiger partial charge is 0.369 e. The predicted molar refractivity (Wildman–Crippen MR) is 60.2 cm³/mol. The van der Waals surface area contributed by atoms with E-state index in [2.05, 4.69) is 0 Å². The van der Waals surface area contributed by atoms with Gasteiger partial charge in [0.2, 0.25) is 11.8 Å². The number of amides is 2. The maximum Gasteiger partial charge on any atom is 0.232 e. The molecular weight excluding hydrogens is 192 g/mol. The molecule has 15 heavy (non-hydrogen) atoms. The van der Waals surface area contributed by atoms with Gasteiger partial charge in [-0.2, -0.15) is 0 Å². The quantitative estimate of drug-likeness (QED) is 0.704.